The zero-order valence-corrected chi connectivity index (χ0v) is 27.4. The summed E-state index contributed by atoms with van der Waals surface area (Å²) in [6.07, 6.45) is -2.14. The fraction of sp³-hybridized carbons (Fsp3) is 0.792. The van der Waals surface area contributed by atoms with E-state index in [9.17, 15) is 13.2 Å². The lowest BCUT2D eigenvalue weighted by Crippen LogP contribution is -2.62. The van der Waals surface area contributed by atoms with E-state index in [1.165, 1.54) is 4.90 Å². The van der Waals surface area contributed by atoms with Crippen LogP contribution in [0.5, 0.6) is 0 Å². The Kier molecular flexibility index (Phi) is 7.96. The van der Waals surface area contributed by atoms with Crippen molar-refractivity contribution in [3.05, 3.63) is 22.9 Å². The first-order chi connectivity index (χ1) is 17.0. The number of hydrogen-bond donors (Lipinski definition) is 3. The summed E-state index contributed by atoms with van der Waals surface area (Å²) in [6.45, 7) is 22.6. The molecule has 14 heteroatoms. The van der Waals surface area contributed by atoms with Crippen LogP contribution in [0.2, 0.25) is 36.3 Å². The summed E-state index contributed by atoms with van der Waals surface area (Å²) in [5.74, 6) is 0. The average Bonchev–Trinajstić information content (AvgIpc) is 3.14. The van der Waals surface area contributed by atoms with Crippen LogP contribution < -0.4 is 16.8 Å². The van der Waals surface area contributed by atoms with Crippen molar-refractivity contribution < 1.29 is 31.0 Å². The van der Waals surface area contributed by atoms with Crippen molar-refractivity contribution in [2.24, 2.45) is 11.5 Å². The molecule has 3 unspecified atom stereocenters. The van der Waals surface area contributed by atoms with E-state index in [1.54, 1.807) is 13.1 Å². The van der Waals surface area contributed by atoms with Crippen LogP contribution in [0.15, 0.2) is 22.9 Å². The highest BCUT2D eigenvalue weighted by molar-refractivity contribution is 7.90. The van der Waals surface area contributed by atoms with Gasteiger partial charge in [-0.1, -0.05) is 41.5 Å². The summed E-state index contributed by atoms with van der Waals surface area (Å²) in [7, 11) is -9.02. The molecule has 0 aromatic heterocycles. The molecule has 0 aromatic carbocycles. The Hall–Kier alpha value is -1.27. The van der Waals surface area contributed by atoms with Gasteiger partial charge in [0.25, 0.3) is 10.1 Å². The van der Waals surface area contributed by atoms with Crippen LogP contribution >= 0.6 is 0 Å². The molecule has 1 saturated heterocycles. The third kappa shape index (κ3) is 5.51. The number of amides is 2. The van der Waals surface area contributed by atoms with Crippen molar-refractivity contribution in [3.63, 3.8) is 0 Å². The van der Waals surface area contributed by atoms with Crippen molar-refractivity contribution >= 4 is 32.8 Å². The van der Waals surface area contributed by atoms with Gasteiger partial charge in [0.2, 0.25) is 0 Å². The van der Waals surface area contributed by atoms with Crippen molar-refractivity contribution in [1.29, 1.82) is 0 Å². The van der Waals surface area contributed by atoms with Crippen LogP contribution in [-0.4, -0.2) is 72.8 Å². The molecular weight excluding hydrogens is 545 g/mol. The van der Waals surface area contributed by atoms with Gasteiger partial charge in [0.1, 0.15) is 18.4 Å². The SMILES string of the molecule is CC1=CN([C@@H]2OC(CO[Si](C)(C)C(C)(C)C)C3(OS(=O)(=O)C=C3N)[C@H]2O[Si](C)(C)C(C)(C)C)C(=O)NC1N. The Morgan fingerprint density at radius 2 is 1.66 bits per heavy atom. The molecule has 1 fully saturated rings. The molecule has 38 heavy (non-hydrogen) atoms. The molecule has 0 bridgehead atoms. The monoisotopic (exact) mass is 590 g/mol. The standard InChI is InChI=1S/C24H46N4O7SSi2/c1-15-12-28(21(29)27-19(15)26)20-18(34-38(10,11)23(5,6)7)24(16(25)14-36(30,31)35-24)17(33-20)13-32-37(8,9)22(2,3)4/h12,14,17-20H,13,25-26H2,1-11H3,(H,27,29)/t17?,18-,19?,20+,24?/m0/s1. The summed E-state index contributed by atoms with van der Waals surface area (Å²) in [6, 6.07) is -0.499. The highest BCUT2D eigenvalue weighted by Gasteiger charge is 2.68. The topological polar surface area (TPSA) is 155 Å². The van der Waals surface area contributed by atoms with E-state index >= 15 is 0 Å². The molecule has 2 amide bonds. The number of carbonyl (C=O) groups excluding carboxylic acids is 1. The third-order valence-corrected chi connectivity index (χ3v) is 18.7. The normalized spacial score (nSPS) is 32.4. The fourth-order valence-corrected chi connectivity index (χ4v) is 7.59. The quantitative estimate of drug-likeness (QED) is 0.312. The zero-order valence-electron chi connectivity index (χ0n) is 24.5. The van der Waals surface area contributed by atoms with Crippen LogP contribution in [0.3, 0.4) is 0 Å². The van der Waals surface area contributed by atoms with Crippen molar-refractivity contribution in [1.82, 2.24) is 10.2 Å². The Balaban J connectivity index is 2.17. The van der Waals surface area contributed by atoms with Crippen molar-refractivity contribution in [2.45, 2.75) is 115 Å². The highest BCUT2D eigenvalue weighted by atomic mass is 32.2. The Bertz CT molecular complexity index is 1130. The van der Waals surface area contributed by atoms with Gasteiger partial charge in [-0.05, 0) is 48.8 Å². The second kappa shape index (κ2) is 9.68. The molecule has 3 heterocycles. The molecule has 3 aliphatic heterocycles. The van der Waals surface area contributed by atoms with Gasteiger partial charge in [-0.25, -0.2) is 8.98 Å². The predicted molar refractivity (Wildman–Crippen MR) is 151 cm³/mol. The number of nitrogens with one attached hydrogen (secondary N) is 1. The maximum atomic E-state index is 13.1. The summed E-state index contributed by atoms with van der Waals surface area (Å²) in [5, 5.41) is 3.26. The first-order valence-corrected chi connectivity index (χ1v) is 20.2. The van der Waals surface area contributed by atoms with E-state index in [-0.39, 0.29) is 22.4 Å². The summed E-state index contributed by atoms with van der Waals surface area (Å²) < 4.78 is 51.3. The summed E-state index contributed by atoms with van der Waals surface area (Å²) >= 11 is 0. The molecule has 0 aliphatic carbocycles. The van der Waals surface area contributed by atoms with E-state index in [0.717, 1.165) is 5.41 Å². The van der Waals surface area contributed by atoms with Gasteiger partial charge >= 0.3 is 6.03 Å². The lowest BCUT2D eigenvalue weighted by atomic mass is 9.89. The van der Waals surface area contributed by atoms with Gasteiger partial charge in [0.15, 0.2) is 28.5 Å². The Morgan fingerprint density at radius 1 is 1.11 bits per heavy atom. The molecule has 1 spiro atoms. The molecular formula is C24H46N4O7SSi2. The number of hydrogen-bond acceptors (Lipinski definition) is 9. The van der Waals surface area contributed by atoms with Gasteiger partial charge in [-0.3, -0.25) is 4.90 Å². The molecule has 0 aromatic rings. The lowest BCUT2D eigenvalue weighted by Gasteiger charge is -2.45. The van der Waals surface area contributed by atoms with E-state index in [0.29, 0.717) is 5.57 Å². The van der Waals surface area contributed by atoms with E-state index < -0.39 is 63.0 Å². The number of rotatable bonds is 6. The van der Waals surface area contributed by atoms with Gasteiger partial charge in [-0.15, -0.1) is 0 Å². The number of nitrogens with two attached hydrogens (primary N) is 2. The van der Waals surface area contributed by atoms with E-state index in [2.05, 4.69) is 60.0 Å². The van der Waals surface area contributed by atoms with Gasteiger partial charge in [0.05, 0.1) is 17.7 Å². The molecule has 11 nitrogen and oxygen atoms in total. The zero-order chi connectivity index (χ0) is 29.3. The first kappa shape index (κ1) is 31.3. The molecule has 5 atom stereocenters. The molecule has 0 saturated carbocycles. The minimum absolute atomic E-state index is 0.00604. The van der Waals surface area contributed by atoms with E-state index in [1.807, 2.05) is 13.1 Å². The maximum absolute atomic E-state index is 13.1. The third-order valence-electron chi connectivity index (χ3n) is 8.69. The van der Waals surface area contributed by atoms with Crippen LogP contribution in [0.4, 0.5) is 4.79 Å². The van der Waals surface area contributed by atoms with Crippen molar-refractivity contribution in [2.75, 3.05) is 6.61 Å². The number of ether oxygens (including phenoxy) is 1. The van der Waals surface area contributed by atoms with Crippen LogP contribution in [0, 0.1) is 0 Å². The smallest absolute Gasteiger partial charge is 0.325 e. The molecule has 0 radical (unpaired) electrons. The van der Waals surface area contributed by atoms with Crippen LogP contribution in [-0.2, 0) is 27.9 Å². The average molecular weight is 591 g/mol. The van der Waals surface area contributed by atoms with Gasteiger partial charge < -0.3 is 30.4 Å². The number of nitrogens with zero attached hydrogens (tertiary/aromatic N) is 1. The van der Waals surface area contributed by atoms with Gasteiger partial charge in [0, 0.05) is 6.20 Å². The van der Waals surface area contributed by atoms with Crippen LogP contribution in [0.25, 0.3) is 0 Å². The second-order valence-corrected chi connectivity index (χ2v) is 24.5. The minimum Gasteiger partial charge on any atom is -0.414 e. The Morgan fingerprint density at radius 3 is 2.13 bits per heavy atom. The largest absolute Gasteiger partial charge is 0.414 e. The molecule has 218 valence electrons. The fourth-order valence-electron chi connectivity index (χ4n) is 4.08. The first-order valence-electron chi connectivity index (χ1n) is 12.9. The lowest BCUT2D eigenvalue weighted by molar-refractivity contribution is -0.0653. The van der Waals surface area contributed by atoms with Crippen LogP contribution in [0.1, 0.15) is 48.5 Å². The molecule has 3 aliphatic rings. The molecule has 5 N–H and O–H groups in total. The highest BCUT2D eigenvalue weighted by Crippen LogP contribution is 2.50. The van der Waals surface area contributed by atoms with E-state index in [4.69, 9.17) is 29.2 Å². The summed E-state index contributed by atoms with van der Waals surface area (Å²) in [5.41, 5.74) is 11.4. The van der Waals surface area contributed by atoms with Gasteiger partial charge in [-0.2, -0.15) is 8.42 Å². The molecule has 3 rings (SSSR count). The minimum atomic E-state index is -4.14. The van der Waals surface area contributed by atoms with Crippen molar-refractivity contribution in [3.8, 4) is 0 Å². The Labute approximate surface area is 229 Å². The predicted octanol–water partition coefficient (Wildman–Crippen LogP) is 3.24. The number of carbonyl (C=O) groups is 1. The number of urea groups is 1. The summed E-state index contributed by atoms with van der Waals surface area (Å²) in [4.78, 5) is 14.5. The second-order valence-electron chi connectivity index (χ2n) is 13.5. The maximum Gasteiger partial charge on any atom is 0.325 e.